The number of rotatable bonds is 5. The zero-order chi connectivity index (χ0) is 13.7. The molecule has 0 saturated carbocycles. The molecule has 6 heteroatoms. The Morgan fingerprint density at radius 3 is 2.74 bits per heavy atom. The monoisotopic (exact) mass is 270 g/mol. The number of fused-ring (bicyclic) bond motifs is 1. The average molecular weight is 270 g/mol. The third kappa shape index (κ3) is 4.10. The highest BCUT2D eigenvalue weighted by Gasteiger charge is 2.27. The van der Waals surface area contributed by atoms with E-state index in [1.165, 1.54) is 0 Å². The van der Waals surface area contributed by atoms with Gasteiger partial charge < -0.3 is 10.1 Å². The van der Waals surface area contributed by atoms with Crippen LogP contribution < -0.4 is 5.32 Å². The molecule has 102 valence electrons. The lowest BCUT2D eigenvalue weighted by Crippen LogP contribution is -2.20. The second-order valence-electron chi connectivity index (χ2n) is 3.98. The minimum absolute atomic E-state index is 0.0234. The van der Waals surface area contributed by atoms with Gasteiger partial charge in [0.1, 0.15) is 12.4 Å². The van der Waals surface area contributed by atoms with Crippen molar-refractivity contribution in [1.29, 1.82) is 0 Å². The van der Waals surface area contributed by atoms with Gasteiger partial charge in [-0.15, -0.1) is 0 Å². The molecule has 0 spiro atoms. The van der Waals surface area contributed by atoms with Crippen molar-refractivity contribution in [3.8, 4) is 0 Å². The molecular formula is C13H13F3N2O. The molecule has 0 aliphatic carbocycles. The van der Waals surface area contributed by atoms with Crippen LogP contribution in [0.5, 0.6) is 0 Å². The summed E-state index contributed by atoms with van der Waals surface area (Å²) in [5.41, 5.74) is 0. The zero-order valence-corrected chi connectivity index (χ0v) is 10.1. The Kier molecular flexibility index (Phi) is 4.21. The quantitative estimate of drug-likeness (QED) is 0.847. The molecule has 0 saturated heterocycles. The number of nitrogens with one attached hydrogen (secondary N) is 1. The van der Waals surface area contributed by atoms with E-state index >= 15 is 0 Å². The fraction of sp³-hybridized carbons (Fsp3) is 0.308. The fourth-order valence-corrected chi connectivity index (χ4v) is 1.69. The molecule has 0 radical (unpaired) electrons. The smallest absolute Gasteiger partial charge is 0.370 e. The van der Waals surface area contributed by atoms with E-state index in [1.807, 2.05) is 30.3 Å². The van der Waals surface area contributed by atoms with Crippen LogP contribution in [0.4, 0.5) is 19.0 Å². The summed E-state index contributed by atoms with van der Waals surface area (Å²) in [6.45, 7) is -0.973. The van der Waals surface area contributed by atoms with Gasteiger partial charge in [-0.2, -0.15) is 13.2 Å². The summed E-state index contributed by atoms with van der Waals surface area (Å²) in [4.78, 5) is 4.16. The SMILES string of the molecule is FC(F)(F)COCCNc1nccc2ccccc12. The van der Waals surface area contributed by atoms with Crippen molar-refractivity contribution in [3.05, 3.63) is 36.5 Å². The van der Waals surface area contributed by atoms with E-state index in [-0.39, 0.29) is 13.2 Å². The number of pyridine rings is 1. The lowest BCUT2D eigenvalue weighted by molar-refractivity contribution is -0.172. The van der Waals surface area contributed by atoms with Gasteiger partial charge in [0.15, 0.2) is 0 Å². The van der Waals surface area contributed by atoms with Crippen LogP contribution in [0.1, 0.15) is 0 Å². The number of benzene rings is 1. The standard InChI is InChI=1S/C13H13F3N2O/c14-13(15,16)9-19-8-7-18-12-11-4-2-1-3-10(11)5-6-17-12/h1-6H,7-9H2,(H,17,18). The van der Waals surface area contributed by atoms with Crippen molar-refractivity contribution in [2.75, 3.05) is 25.1 Å². The highest BCUT2D eigenvalue weighted by atomic mass is 19.4. The van der Waals surface area contributed by atoms with Gasteiger partial charge in [0.05, 0.1) is 6.61 Å². The van der Waals surface area contributed by atoms with E-state index in [4.69, 9.17) is 0 Å². The topological polar surface area (TPSA) is 34.1 Å². The Bertz CT molecular complexity index is 537. The molecule has 0 atom stereocenters. The van der Waals surface area contributed by atoms with E-state index in [0.717, 1.165) is 10.8 Å². The second-order valence-corrected chi connectivity index (χ2v) is 3.98. The zero-order valence-electron chi connectivity index (χ0n) is 10.1. The van der Waals surface area contributed by atoms with Crippen molar-refractivity contribution in [3.63, 3.8) is 0 Å². The molecule has 1 N–H and O–H groups in total. The third-order valence-corrected chi connectivity index (χ3v) is 2.48. The lowest BCUT2D eigenvalue weighted by Gasteiger charge is -2.10. The largest absolute Gasteiger partial charge is 0.411 e. The molecule has 0 amide bonds. The Hall–Kier alpha value is -1.82. The molecule has 19 heavy (non-hydrogen) atoms. The molecule has 2 aromatic rings. The molecule has 0 aliphatic heterocycles. The summed E-state index contributed by atoms with van der Waals surface area (Å²) in [5.74, 6) is 0.647. The first kappa shape index (κ1) is 13.6. The van der Waals surface area contributed by atoms with Crippen molar-refractivity contribution in [1.82, 2.24) is 4.98 Å². The third-order valence-electron chi connectivity index (χ3n) is 2.48. The van der Waals surface area contributed by atoms with Gasteiger partial charge in [-0.25, -0.2) is 4.98 Å². The van der Waals surface area contributed by atoms with Crippen molar-refractivity contribution in [2.45, 2.75) is 6.18 Å². The molecule has 1 aromatic carbocycles. The van der Waals surface area contributed by atoms with Crippen molar-refractivity contribution >= 4 is 16.6 Å². The molecule has 0 aliphatic rings. The predicted octanol–water partition coefficient (Wildman–Crippen LogP) is 3.23. The predicted molar refractivity (Wildman–Crippen MR) is 67.1 cm³/mol. The van der Waals surface area contributed by atoms with Crippen LogP contribution >= 0.6 is 0 Å². The van der Waals surface area contributed by atoms with Crippen molar-refractivity contribution in [2.24, 2.45) is 0 Å². The number of nitrogens with zero attached hydrogens (tertiary/aromatic N) is 1. The lowest BCUT2D eigenvalue weighted by atomic mass is 10.1. The van der Waals surface area contributed by atoms with Gasteiger partial charge in [-0.1, -0.05) is 24.3 Å². The molecule has 0 fully saturated rings. The fourth-order valence-electron chi connectivity index (χ4n) is 1.69. The molecule has 0 unspecified atom stereocenters. The molecule has 2 rings (SSSR count). The normalized spacial score (nSPS) is 11.7. The molecular weight excluding hydrogens is 257 g/mol. The van der Waals surface area contributed by atoms with Crippen LogP contribution in [0.2, 0.25) is 0 Å². The number of hydrogen-bond acceptors (Lipinski definition) is 3. The van der Waals surface area contributed by atoms with Gasteiger partial charge in [-0.3, -0.25) is 0 Å². The Balaban J connectivity index is 1.88. The van der Waals surface area contributed by atoms with Crippen LogP contribution in [0.3, 0.4) is 0 Å². The van der Waals surface area contributed by atoms with Crippen LogP contribution in [0.15, 0.2) is 36.5 Å². The summed E-state index contributed by atoms with van der Waals surface area (Å²) in [6, 6.07) is 9.53. The molecule has 0 bridgehead atoms. The van der Waals surface area contributed by atoms with Crippen LogP contribution in [0.25, 0.3) is 10.8 Å². The number of alkyl halides is 3. The first-order valence-corrected chi connectivity index (χ1v) is 5.78. The van der Waals surface area contributed by atoms with E-state index in [1.54, 1.807) is 6.20 Å². The van der Waals surface area contributed by atoms with Gasteiger partial charge in [-0.05, 0) is 11.5 Å². The van der Waals surface area contributed by atoms with Gasteiger partial charge in [0.2, 0.25) is 0 Å². The van der Waals surface area contributed by atoms with Crippen LogP contribution in [-0.2, 0) is 4.74 Å². The first-order valence-electron chi connectivity index (χ1n) is 5.78. The average Bonchev–Trinajstić information content (AvgIpc) is 2.37. The summed E-state index contributed by atoms with van der Waals surface area (Å²) >= 11 is 0. The maximum absolute atomic E-state index is 11.9. The van der Waals surface area contributed by atoms with Crippen molar-refractivity contribution < 1.29 is 17.9 Å². The summed E-state index contributed by atoms with van der Waals surface area (Å²) in [5, 5.41) is 4.93. The summed E-state index contributed by atoms with van der Waals surface area (Å²) in [7, 11) is 0. The minimum Gasteiger partial charge on any atom is -0.370 e. The second kappa shape index (κ2) is 5.88. The number of hydrogen-bond donors (Lipinski definition) is 1. The van der Waals surface area contributed by atoms with Crippen LogP contribution in [-0.4, -0.2) is 30.9 Å². The number of ether oxygens (including phenoxy) is 1. The molecule has 1 aromatic heterocycles. The number of anilines is 1. The Morgan fingerprint density at radius 1 is 1.16 bits per heavy atom. The molecule has 1 heterocycles. The summed E-state index contributed by atoms with van der Waals surface area (Å²) < 4.78 is 40.1. The van der Waals surface area contributed by atoms with E-state index in [0.29, 0.717) is 5.82 Å². The van der Waals surface area contributed by atoms with Gasteiger partial charge >= 0.3 is 6.18 Å². The molecule has 3 nitrogen and oxygen atoms in total. The maximum atomic E-state index is 11.9. The van der Waals surface area contributed by atoms with E-state index in [2.05, 4.69) is 15.0 Å². The first-order chi connectivity index (χ1) is 9.06. The van der Waals surface area contributed by atoms with Gasteiger partial charge in [0, 0.05) is 18.1 Å². The number of halogens is 3. The minimum atomic E-state index is -4.28. The number of aromatic nitrogens is 1. The maximum Gasteiger partial charge on any atom is 0.411 e. The summed E-state index contributed by atoms with van der Waals surface area (Å²) in [6.07, 6.45) is -2.63. The van der Waals surface area contributed by atoms with Gasteiger partial charge in [0.25, 0.3) is 0 Å². The van der Waals surface area contributed by atoms with E-state index in [9.17, 15) is 13.2 Å². The highest BCUT2D eigenvalue weighted by molar-refractivity contribution is 5.91. The highest BCUT2D eigenvalue weighted by Crippen LogP contribution is 2.20. The van der Waals surface area contributed by atoms with Crippen LogP contribution in [0, 0.1) is 0 Å². The van der Waals surface area contributed by atoms with E-state index < -0.39 is 12.8 Å². The Morgan fingerprint density at radius 2 is 1.95 bits per heavy atom. The Labute approximate surface area is 108 Å².